The quantitative estimate of drug-likeness (QED) is 0.731. The van der Waals surface area contributed by atoms with Gasteiger partial charge in [0, 0.05) is 0 Å². The van der Waals surface area contributed by atoms with Crippen LogP contribution in [0.2, 0.25) is 0 Å². The average Bonchev–Trinajstić information content (AvgIpc) is 2.93. The lowest BCUT2D eigenvalue weighted by atomic mass is 10.3. The standard InChI is InChI=1S/C10H7F2N5/c11-6-1-2-7-10(9(6)12)16-8(15-7)3-17-5-13-4-14-17/h1-2,4-5H,3H2,(H,15,16). The molecule has 5 nitrogen and oxygen atoms in total. The molecule has 86 valence electrons. The summed E-state index contributed by atoms with van der Waals surface area (Å²) in [6, 6.07) is 2.51. The molecule has 1 N–H and O–H groups in total. The van der Waals surface area contributed by atoms with Gasteiger partial charge in [0.25, 0.3) is 0 Å². The van der Waals surface area contributed by atoms with E-state index in [1.807, 2.05) is 0 Å². The molecule has 2 heterocycles. The summed E-state index contributed by atoms with van der Waals surface area (Å²) in [5.41, 5.74) is 0.458. The van der Waals surface area contributed by atoms with Crippen LogP contribution in [0.4, 0.5) is 8.78 Å². The minimum absolute atomic E-state index is 0.000107. The van der Waals surface area contributed by atoms with Crippen LogP contribution in [0.25, 0.3) is 11.0 Å². The van der Waals surface area contributed by atoms with Crippen LogP contribution >= 0.6 is 0 Å². The number of nitrogens with one attached hydrogen (secondary N) is 1. The van der Waals surface area contributed by atoms with E-state index in [2.05, 4.69) is 20.1 Å². The number of fused-ring (bicyclic) bond motifs is 1. The van der Waals surface area contributed by atoms with Gasteiger partial charge in [0.2, 0.25) is 0 Å². The van der Waals surface area contributed by atoms with Crippen molar-refractivity contribution in [2.75, 3.05) is 0 Å². The second-order valence-electron chi connectivity index (χ2n) is 3.53. The van der Waals surface area contributed by atoms with E-state index in [0.29, 0.717) is 17.9 Å². The van der Waals surface area contributed by atoms with Crippen molar-refractivity contribution in [2.45, 2.75) is 6.54 Å². The van der Waals surface area contributed by atoms with E-state index in [1.54, 1.807) is 0 Å². The van der Waals surface area contributed by atoms with E-state index < -0.39 is 11.6 Å². The second kappa shape index (κ2) is 3.62. The van der Waals surface area contributed by atoms with Crippen molar-refractivity contribution in [1.82, 2.24) is 24.7 Å². The molecule has 0 radical (unpaired) electrons. The lowest BCUT2D eigenvalue weighted by Crippen LogP contribution is -2.01. The number of aromatic nitrogens is 5. The highest BCUT2D eigenvalue weighted by Crippen LogP contribution is 2.18. The number of benzene rings is 1. The fraction of sp³-hybridized carbons (Fsp3) is 0.100. The number of imidazole rings is 1. The highest BCUT2D eigenvalue weighted by atomic mass is 19.2. The number of nitrogens with zero attached hydrogens (tertiary/aromatic N) is 4. The Bertz CT molecular complexity index is 659. The van der Waals surface area contributed by atoms with Crippen molar-refractivity contribution in [3.8, 4) is 0 Å². The van der Waals surface area contributed by atoms with Gasteiger partial charge in [-0.05, 0) is 12.1 Å². The summed E-state index contributed by atoms with van der Waals surface area (Å²) in [5.74, 6) is -1.35. The van der Waals surface area contributed by atoms with Crippen molar-refractivity contribution < 1.29 is 8.78 Å². The topological polar surface area (TPSA) is 59.4 Å². The van der Waals surface area contributed by atoms with Crippen molar-refractivity contribution >= 4 is 11.0 Å². The van der Waals surface area contributed by atoms with E-state index >= 15 is 0 Å². The lowest BCUT2D eigenvalue weighted by molar-refractivity contribution is 0.515. The number of H-pyrrole nitrogens is 1. The van der Waals surface area contributed by atoms with Gasteiger partial charge >= 0.3 is 0 Å². The molecule has 1 aromatic carbocycles. The highest BCUT2D eigenvalue weighted by molar-refractivity contribution is 5.75. The zero-order chi connectivity index (χ0) is 11.8. The summed E-state index contributed by atoms with van der Waals surface area (Å²) in [4.78, 5) is 10.7. The SMILES string of the molecule is Fc1ccc2[nH]c(Cn3cncn3)nc2c1F. The predicted octanol–water partition coefficient (Wildman–Crippen LogP) is 1.48. The molecule has 0 unspecified atom stereocenters. The van der Waals surface area contributed by atoms with E-state index in [-0.39, 0.29) is 5.52 Å². The van der Waals surface area contributed by atoms with Gasteiger partial charge in [-0.3, -0.25) is 0 Å². The van der Waals surface area contributed by atoms with Crippen LogP contribution in [0, 0.1) is 11.6 Å². The van der Waals surface area contributed by atoms with E-state index in [9.17, 15) is 8.78 Å². The Morgan fingerprint density at radius 3 is 2.94 bits per heavy atom. The fourth-order valence-corrected chi connectivity index (χ4v) is 1.61. The Hall–Kier alpha value is -2.31. The van der Waals surface area contributed by atoms with Crippen LogP contribution in [0.1, 0.15) is 5.82 Å². The van der Waals surface area contributed by atoms with Gasteiger partial charge in [-0.25, -0.2) is 23.4 Å². The number of hydrogen-bond donors (Lipinski definition) is 1. The molecule has 0 aliphatic heterocycles. The Morgan fingerprint density at radius 1 is 1.29 bits per heavy atom. The van der Waals surface area contributed by atoms with Crippen LogP contribution in [0.3, 0.4) is 0 Å². The average molecular weight is 235 g/mol. The first-order valence-electron chi connectivity index (χ1n) is 4.89. The molecule has 0 aliphatic carbocycles. The minimum atomic E-state index is -0.941. The normalized spacial score (nSPS) is 11.2. The summed E-state index contributed by atoms with van der Waals surface area (Å²) in [7, 11) is 0. The van der Waals surface area contributed by atoms with Gasteiger partial charge in [0.05, 0.1) is 5.52 Å². The predicted molar refractivity (Wildman–Crippen MR) is 55.1 cm³/mol. The van der Waals surface area contributed by atoms with Gasteiger partial charge in [0.15, 0.2) is 11.6 Å². The maximum atomic E-state index is 13.4. The Balaban J connectivity index is 2.05. The molecule has 0 atom stereocenters. The van der Waals surface area contributed by atoms with Gasteiger partial charge < -0.3 is 4.98 Å². The molecule has 0 spiro atoms. The molecule has 0 fully saturated rings. The first kappa shape index (κ1) is 9.88. The molecule has 3 rings (SSSR count). The summed E-state index contributed by atoms with van der Waals surface area (Å²) in [5, 5.41) is 3.90. The Morgan fingerprint density at radius 2 is 2.18 bits per heavy atom. The van der Waals surface area contributed by atoms with Crippen LogP contribution in [0.15, 0.2) is 24.8 Å². The molecule has 0 aliphatic rings. The minimum Gasteiger partial charge on any atom is -0.340 e. The fourth-order valence-electron chi connectivity index (χ4n) is 1.61. The number of rotatable bonds is 2. The van der Waals surface area contributed by atoms with Crippen molar-refractivity contribution in [1.29, 1.82) is 0 Å². The van der Waals surface area contributed by atoms with Crippen molar-refractivity contribution in [2.24, 2.45) is 0 Å². The molecule has 2 aromatic heterocycles. The molecule has 0 saturated carbocycles. The largest absolute Gasteiger partial charge is 0.340 e. The van der Waals surface area contributed by atoms with Crippen LogP contribution < -0.4 is 0 Å². The third-order valence-electron chi connectivity index (χ3n) is 2.37. The van der Waals surface area contributed by atoms with E-state index in [0.717, 1.165) is 6.07 Å². The lowest BCUT2D eigenvalue weighted by Gasteiger charge is -1.94. The maximum Gasteiger partial charge on any atom is 0.186 e. The summed E-state index contributed by atoms with van der Waals surface area (Å²) in [6.07, 6.45) is 2.91. The van der Waals surface area contributed by atoms with E-state index in [4.69, 9.17) is 0 Å². The van der Waals surface area contributed by atoms with Gasteiger partial charge in [-0.15, -0.1) is 0 Å². The Kier molecular flexibility index (Phi) is 2.10. The summed E-state index contributed by atoms with van der Waals surface area (Å²) < 4.78 is 27.9. The zero-order valence-corrected chi connectivity index (χ0v) is 8.56. The molecule has 0 bridgehead atoms. The number of hydrogen-bond acceptors (Lipinski definition) is 3. The Labute approximate surface area is 94.1 Å². The smallest absolute Gasteiger partial charge is 0.186 e. The third-order valence-corrected chi connectivity index (χ3v) is 2.37. The first-order chi connectivity index (χ1) is 8.24. The first-order valence-corrected chi connectivity index (χ1v) is 4.89. The maximum absolute atomic E-state index is 13.4. The molecule has 3 aromatic rings. The van der Waals surface area contributed by atoms with Crippen LogP contribution in [-0.2, 0) is 6.54 Å². The van der Waals surface area contributed by atoms with Gasteiger partial charge in [-0.2, -0.15) is 5.10 Å². The number of aromatic amines is 1. The molecular formula is C10H7F2N5. The zero-order valence-electron chi connectivity index (χ0n) is 8.56. The van der Waals surface area contributed by atoms with Gasteiger partial charge in [0.1, 0.15) is 30.5 Å². The molecule has 17 heavy (non-hydrogen) atoms. The van der Waals surface area contributed by atoms with Gasteiger partial charge in [-0.1, -0.05) is 0 Å². The monoisotopic (exact) mass is 235 g/mol. The second-order valence-corrected chi connectivity index (χ2v) is 3.53. The van der Waals surface area contributed by atoms with E-state index in [1.165, 1.54) is 23.4 Å². The molecule has 7 heteroatoms. The summed E-state index contributed by atoms with van der Waals surface area (Å²) >= 11 is 0. The van der Waals surface area contributed by atoms with Crippen LogP contribution in [-0.4, -0.2) is 24.7 Å². The molecular weight excluding hydrogens is 228 g/mol. The van der Waals surface area contributed by atoms with Crippen molar-refractivity contribution in [3.63, 3.8) is 0 Å². The summed E-state index contributed by atoms with van der Waals surface area (Å²) in [6.45, 7) is 0.329. The molecule has 0 saturated heterocycles. The third kappa shape index (κ3) is 1.65. The molecule has 0 amide bonds. The number of halogens is 2. The highest BCUT2D eigenvalue weighted by Gasteiger charge is 2.11. The van der Waals surface area contributed by atoms with Crippen LogP contribution in [0.5, 0.6) is 0 Å². The van der Waals surface area contributed by atoms with Crippen molar-refractivity contribution in [3.05, 3.63) is 42.2 Å².